The normalized spacial score (nSPS) is 18.2. The molecule has 1 aliphatic rings. The third-order valence-electron chi connectivity index (χ3n) is 3.90. The minimum Gasteiger partial charge on any atom is -0.370 e. The van der Waals surface area contributed by atoms with E-state index in [-0.39, 0.29) is 0 Å². The van der Waals surface area contributed by atoms with E-state index in [4.69, 9.17) is 0 Å². The molecule has 18 heavy (non-hydrogen) atoms. The smallest absolute Gasteiger partial charge is 0.370 e. The molecule has 0 aliphatic heterocycles. The molecular weight excluding hydrogens is 241 g/mol. The van der Waals surface area contributed by atoms with Crippen molar-refractivity contribution in [1.82, 2.24) is 4.98 Å². The Bertz CT molecular complexity index is 388. The van der Waals surface area contributed by atoms with Crippen molar-refractivity contribution < 1.29 is 13.2 Å². The topological polar surface area (TPSA) is 24.9 Å². The SMILES string of the molecule is CCC1(CNc2ccc(C(F)(F)F)cn2)CCC1. The van der Waals surface area contributed by atoms with Gasteiger partial charge in [-0.05, 0) is 36.8 Å². The van der Waals surface area contributed by atoms with Crippen LogP contribution in [0, 0.1) is 5.41 Å². The molecule has 0 spiro atoms. The largest absolute Gasteiger partial charge is 0.417 e. The number of pyridine rings is 1. The lowest BCUT2D eigenvalue weighted by Crippen LogP contribution is -2.36. The van der Waals surface area contributed by atoms with E-state index in [0.717, 1.165) is 25.2 Å². The van der Waals surface area contributed by atoms with E-state index in [9.17, 15) is 13.2 Å². The molecule has 1 aromatic rings. The van der Waals surface area contributed by atoms with Crippen LogP contribution in [0.25, 0.3) is 0 Å². The van der Waals surface area contributed by atoms with Crippen LogP contribution in [0.3, 0.4) is 0 Å². The van der Waals surface area contributed by atoms with Gasteiger partial charge in [0.15, 0.2) is 0 Å². The van der Waals surface area contributed by atoms with Crippen molar-refractivity contribution in [3.63, 3.8) is 0 Å². The summed E-state index contributed by atoms with van der Waals surface area (Å²) in [4.78, 5) is 3.81. The monoisotopic (exact) mass is 258 g/mol. The predicted octanol–water partition coefficient (Wildman–Crippen LogP) is 4.09. The lowest BCUT2D eigenvalue weighted by atomic mass is 9.67. The Kier molecular flexibility index (Phi) is 3.50. The summed E-state index contributed by atoms with van der Waals surface area (Å²) in [6, 6.07) is 2.46. The van der Waals surface area contributed by atoms with Gasteiger partial charge in [0, 0.05) is 12.7 Å². The molecule has 1 N–H and O–H groups in total. The van der Waals surface area contributed by atoms with Gasteiger partial charge in [0.2, 0.25) is 0 Å². The molecule has 0 bridgehead atoms. The molecule has 1 heterocycles. The second kappa shape index (κ2) is 4.78. The molecule has 2 nitrogen and oxygen atoms in total. The Morgan fingerprint density at radius 1 is 1.33 bits per heavy atom. The van der Waals surface area contributed by atoms with E-state index in [2.05, 4.69) is 17.2 Å². The molecule has 0 radical (unpaired) electrons. The molecule has 2 rings (SSSR count). The lowest BCUT2D eigenvalue weighted by Gasteiger charge is -2.41. The van der Waals surface area contributed by atoms with E-state index in [1.165, 1.54) is 25.3 Å². The molecule has 1 aliphatic carbocycles. The fraction of sp³-hybridized carbons (Fsp3) is 0.615. The highest BCUT2D eigenvalue weighted by atomic mass is 19.4. The summed E-state index contributed by atoms with van der Waals surface area (Å²) >= 11 is 0. The van der Waals surface area contributed by atoms with E-state index >= 15 is 0 Å². The summed E-state index contributed by atoms with van der Waals surface area (Å²) in [5.41, 5.74) is -0.383. The highest BCUT2D eigenvalue weighted by Crippen LogP contribution is 2.43. The molecule has 100 valence electrons. The number of nitrogens with one attached hydrogen (secondary N) is 1. The Hall–Kier alpha value is -1.26. The van der Waals surface area contributed by atoms with E-state index in [1.54, 1.807) is 0 Å². The van der Waals surface area contributed by atoms with Gasteiger partial charge in [-0.3, -0.25) is 0 Å². The van der Waals surface area contributed by atoms with Crippen molar-refractivity contribution in [2.24, 2.45) is 5.41 Å². The first-order valence-corrected chi connectivity index (χ1v) is 6.22. The fourth-order valence-electron chi connectivity index (χ4n) is 2.28. The average Bonchev–Trinajstić information content (AvgIpc) is 2.28. The summed E-state index contributed by atoms with van der Waals surface area (Å²) in [6.45, 7) is 2.95. The quantitative estimate of drug-likeness (QED) is 0.879. The van der Waals surface area contributed by atoms with Crippen molar-refractivity contribution in [3.8, 4) is 0 Å². The van der Waals surface area contributed by atoms with Crippen LogP contribution in [0.5, 0.6) is 0 Å². The van der Waals surface area contributed by atoms with Gasteiger partial charge < -0.3 is 5.32 Å². The molecule has 1 aromatic heterocycles. The Balaban J connectivity index is 1.94. The first kappa shape index (κ1) is 13.2. The Labute approximate surface area is 105 Å². The first-order chi connectivity index (χ1) is 8.45. The maximum atomic E-state index is 12.4. The van der Waals surface area contributed by atoms with Gasteiger partial charge in [0.25, 0.3) is 0 Å². The zero-order valence-corrected chi connectivity index (χ0v) is 10.3. The maximum Gasteiger partial charge on any atom is 0.417 e. The van der Waals surface area contributed by atoms with Crippen LogP contribution >= 0.6 is 0 Å². The summed E-state index contributed by atoms with van der Waals surface area (Å²) in [7, 11) is 0. The van der Waals surface area contributed by atoms with Gasteiger partial charge in [-0.1, -0.05) is 13.3 Å². The van der Waals surface area contributed by atoms with Crippen LogP contribution in [0.1, 0.15) is 38.2 Å². The van der Waals surface area contributed by atoms with Gasteiger partial charge in [-0.2, -0.15) is 13.2 Å². The van der Waals surface area contributed by atoms with Gasteiger partial charge >= 0.3 is 6.18 Å². The van der Waals surface area contributed by atoms with Gasteiger partial charge in [-0.15, -0.1) is 0 Å². The molecule has 0 saturated heterocycles. The summed E-state index contributed by atoms with van der Waals surface area (Å²) < 4.78 is 37.1. The number of hydrogen-bond donors (Lipinski definition) is 1. The van der Waals surface area contributed by atoms with E-state index in [0.29, 0.717) is 11.2 Å². The van der Waals surface area contributed by atoms with Crippen LogP contribution < -0.4 is 5.32 Å². The Morgan fingerprint density at radius 2 is 2.06 bits per heavy atom. The lowest BCUT2D eigenvalue weighted by molar-refractivity contribution is -0.137. The van der Waals surface area contributed by atoms with Crippen molar-refractivity contribution in [2.75, 3.05) is 11.9 Å². The van der Waals surface area contributed by atoms with Crippen molar-refractivity contribution in [3.05, 3.63) is 23.9 Å². The molecule has 0 unspecified atom stereocenters. The highest BCUT2D eigenvalue weighted by Gasteiger charge is 2.35. The maximum absolute atomic E-state index is 12.4. The van der Waals surface area contributed by atoms with E-state index < -0.39 is 11.7 Å². The van der Waals surface area contributed by atoms with Crippen LogP contribution in [0.4, 0.5) is 19.0 Å². The summed E-state index contributed by atoms with van der Waals surface area (Å²) in [5, 5.41) is 3.14. The number of aromatic nitrogens is 1. The first-order valence-electron chi connectivity index (χ1n) is 6.22. The van der Waals surface area contributed by atoms with Crippen LogP contribution in [-0.2, 0) is 6.18 Å². The highest BCUT2D eigenvalue weighted by molar-refractivity contribution is 5.36. The molecule has 0 aromatic carbocycles. The predicted molar refractivity (Wildman–Crippen MR) is 64.3 cm³/mol. The van der Waals surface area contributed by atoms with Crippen LogP contribution in [0.2, 0.25) is 0 Å². The summed E-state index contributed by atoms with van der Waals surface area (Å²) in [5.74, 6) is 0.516. The second-order valence-corrected chi connectivity index (χ2v) is 4.99. The minimum absolute atomic E-state index is 0.324. The van der Waals surface area contributed by atoms with Crippen molar-refractivity contribution in [2.45, 2.75) is 38.8 Å². The third-order valence-corrected chi connectivity index (χ3v) is 3.90. The van der Waals surface area contributed by atoms with E-state index in [1.807, 2.05) is 0 Å². The zero-order chi connectivity index (χ0) is 13.2. The fourth-order valence-corrected chi connectivity index (χ4v) is 2.28. The molecule has 0 amide bonds. The van der Waals surface area contributed by atoms with Crippen LogP contribution in [-0.4, -0.2) is 11.5 Å². The average molecular weight is 258 g/mol. The molecular formula is C13H17F3N2. The van der Waals surface area contributed by atoms with Gasteiger partial charge in [-0.25, -0.2) is 4.98 Å². The molecule has 0 atom stereocenters. The molecule has 5 heteroatoms. The molecule has 1 fully saturated rings. The number of rotatable bonds is 4. The Morgan fingerprint density at radius 3 is 2.44 bits per heavy atom. The third kappa shape index (κ3) is 2.76. The standard InChI is InChI=1S/C13H17F3N2/c1-2-12(6-3-7-12)9-18-11-5-4-10(8-17-11)13(14,15)16/h4-5,8H,2-3,6-7,9H2,1H3,(H,17,18). The number of nitrogens with zero attached hydrogens (tertiary/aromatic N) is 1. The second-order valence-electron chi connectivity index (χ2n) is 4.99. The number of halogens is 3. The van der Waals surface area contributed by atoms with Gasteiger partial charge in [0.1, 0.15) is 5.82 Å². The summed E-state index contributed by atoms with van der Waals surface area (Å²) in [6.07, 6.45) is 1.29. The van der Waals surface area contributed by atoms with Gasteiger partial charge in [0.05, 0.1) is 5.56 Å². The van der Waals surface area contributed by atoms with Crippen LogP contribution in [0.15, 0.2) is 18.3 Å². The number of hydrogen-bond acceptors (Lipinski definition) is 2. The van der Waals surface area contributed by atoms with Crippen molar-refractivity contribution >= 4 is 5.82 Å². The zero-order valence-electron chi connectivity index (χ0n) is 10.3. The number of alkyl halides is 3. The molecule has 1 saturated carbocycles. The number of anilines is 1. The van der Waals surface area contributed by atoms with Crippen molar-refractivity contribution in [1.29, 1.82) is 0 Å². The minimum atomic E-state index is -4.32.